The van der Waals surface area contributed by atoms with Gasteiger partial charge in [0.1, 0.15) is 17.3 Å². The number of anilines is 1. The Morgan fingerprint density at radius 2 is 2.00 bits per heavy atom. The van der Waals surface area contributed by atoms with Crippen LogP contribution in [-0.2, 0) is 0 Å². The molecule has 0 aromatic carbocycles. The summed E-state index contributed by atoms with van der Waals surface area (Å²) in [7, 11) is 0. The van der Waals surface area contributed by atoms with Gasteiger partial charge in [-0.2, -0.15) is 0 Å². The number of amidine groups is 1. The van der Waals surface area contributed by atoms with Crippen molar-refractivity contribution in [2.75, 3.05) is 18.0 Å². The van der Waals surface area contributed by atoms with Crippen molar-refractivity contribution in [1.82, 2.24) is 9.97 Å². The number of aromatic nitrogens is 2. The molecule has 0 bridgehead atoms. The maximum Gasteiger partial charge on any atom is 0.147 e. The standard InChI is InChI=1S/C9H15N5/c1-3-14(4-2)8-6-12-7(5-13-8)9(10)11/h5-6H,3-4H2,1-2H3,(H3,10,11). The maximum absolute atomic E-state index is 7.16. The van der Waals surface area contributed by atoms with Gasteiger partial charge in [0.25, 0.3) is 0 Å². The zero-order valence-electron chi connectivity index (χ0n) is 8.49. The number of hydrogen-bond donors (Lipinski definition) is 2. The lowest BCUT2D eigenvalue weighted by atomic mass is 10.4. The van der Waals surface area contributed by atoms with E-state index in [1.807, 2.05) is 0 Å². The number of nitrogens with two attached hydrogens (primary N) is 1. The van der Waals surface area contributed by atoms with Gasteiger partial charge in [0, 0.05) is 13.1 Å². The van der Waals surface area contributed by atoms with Crippen molar-refractivity contribution in [2.45, 2.75) is 13.8 Å². The average molecular weight is 193 g/mol. The second-order valence-electron chi connectivity index (χ2n) is 2.85. The third-order valence-electron chi connectivity index (χ3n) is 2.00. The second kappa shape index (κ2) is 4.55. The summed E-state index contributed by atoms with van der Waals surface area (Å²) in [6.07, 6.45) is 3.17. The van der Waals surface area contributed by atoms with Crippen LogP contribution in [0.5, 0.6) is 0 Å². The van der Waals surface area contributed by atoms with E-state index in [2.05, 4.69) is 28.7 Å². The van der Waals surface area contributed by atoms with Gasteiger partial charge in [-0.25, -0.2) is 9.97 Å². The highest BCUT2D eigenvalue weighted by Crippen LogP contribution is 2.07. The van der Waals surface area contributed by atoms with Crippen LogP contribution in [0.25, 0.3) is 0 Å². The topological polar surface area (TPSA) is 78.9 Å². The van der Waals surface area contributed by atoms with E-state index in [1.165, 1.54) is 6.20 Å². The number of hydrogen-bond acceptors (Lipinski definition) is 4. The fraction of sp³-hybridized carbons (Fsp3) is 0.444. The molecule has 0 spiro atoms. The first-order valence-corrected chi connectivity index (χ1v) is 4.60. The van der Waals surface area contributed by atoms with Crippen LogP contribution in [0.3, 0.4) is 0 Å². The minimum atomic E-state index is -0.0522. The molecule has 0 aliphatic rings. The zero-order chi connectivity index (χ0) is 10.6. The quantitative estimate of drug-likeness (QED) is 0.542. The van der Waals surface area contributed by atoms with Gasteiger partial charge in [0.15, 0.2) is 0 Å². The van der Waals surface area contributed by atoms with E-state index in [0.717, 1.165) is 18.9 Å². The SMILES string of the molecule is CCN(CC)c1cnc(C(=N)N)cn1. The van der Waals surface area contributed by atoms with E-state index in [1.54, 1.807) is 6.20 Å². The molecule has 3 N–H and O–H groups in total. The van der Waals surface area contributed by atoms with Gasteiger partial charge >= 0.3 is 0 Å². The third kappa shape index (κ3) is 2.18. The van der Waals surface area contributed by atoms with Crippen molar-refractivity contribution >= 4 is 11.7 Å². The Bertz CT molecular complexity index is 301. The first-order valence-electron chi connectivity index (χ1n) is 4.60. The summed E-state index contributed by atoms with van der Waals surface area (Å²) in [6, 6.07) is 0. The molecule has 5 heteroatoms. The second-order valence-corrected chi connectivity index (χ2v) is 2.85. The molecule has 1 aromatic rings. The van der Waals surface area contributed by atoms with Gasteiger partial charge in [-0.05, 0) is 13.8 Å². The molecule has 1 heterocycles. The smallest absolute Gasteiger partial charge is 0.147 e. The molecule has 0 atom stereocenters. The highest BCUT2D eigenvalue weighted by Gasteiger charge is 2.04. The van der Waals surface area contributed by atoms with Crippen LogP contribution in [0.4, 0.5) is 5.82 Å². The number of nitrogen functional groups attached to an aromatic ring is 1. The molecule has 0 aliphatic carbocycles. The van der Waals surface area contributed by atoms with E-state index >= 15 is 0 Å². The fourth-order valence-electron chi connectivity index (χ4n) is 1.17. The van der Waals surface area contributed by atoms with E-state index in [0.29, 0.717) is 5.69 Å². The van der Waals surface area contributed by atoms with E-state index in [-0.39, 0.29) is 5.84 Å². The summed E-state index contributed by atoms with van der Waals surface area (Å²) >= 11 is 0. The van der Waals surface area contributed by atoms with E-state index < -0.39 is 0 Å². The first kappa shape index (κ1) is 10.4. The molecular weight excluding hydrogens is 178 g/mol. The Balaban J connectivity index is 2.87. The zero-order valence-corrected chi connectivity index (χ0v) is 8.49. The molecular formula is C9H15N5. The Kier molecular flexibility index (Phi) is 3.39. The predicted octanol–water partition coefficient (Wildman–Crippen LogP) is 0.607. The van der Waals surface area contributed by atoms with Gasteiger partial charge in [0.2, 0.25) is 0 Å². The Hall–Kier alpha value is -1.65. The molecule has 0 saturated heterocycles. The third-order valence-corrected chi connectivity index (χ3v) is 2.00. The van der Waals surface area contributed by atoms with Crippen molar-refractivity contribution in [3.05, 3.63) is 18.1 Å². The lowest BCUT2D eigenvalue weighted by molar-refractivity contribution is 0.839. The van der Waals surface area contributed by atoms with Crippen molar-refractivity contribution < 1.29 is 0 Å². The summed E-state index contributed by atoms with van der Waals surface area (Å²) in [5.41, 5.74) is 5.69. The summed E-state index contributed by atoms with van der Waals surface area (Å²) in [5, 5.41) is 7.16. The normalized spacial score (nSPS) is 9.86. The van der Waals surface area contributed by atoms with Crippen LogP contribution < -0.4 is 10.6 Å². The van der Waals surface area contributed by atoms with Crippen LogP contribution in [0.1, 0.15) is 19.5 Å². The number of nitrogens with zero attached hydrogens (tertiary/aromatic N) is 3. The molecule has 0 amide bonds. The first-order chi connectivity index (χ1) is 6.69. The maximum atomic E-state index is 7.16. The molecule has 1 rings (SSSR count). The molecule has 0 unspecified atom stereocenters. The van der Waals surface area contributed by atoms with Crippen LogP contribution in [0.15, 0.2) is 12.4 Å². The number of nitrogens with one attached hydrogen (secondary N) is 1. The number of rotatable bonds is 4. The van der Waals surface area contributed by atoms with Crippen LogP contribution >= 0.6 is 0 Å². The summed E-state index contributed by atoms with van der Waals surface area (Å²) in [5.74, 6) is 0.767. The van der Waals surface area contributed by atoms with Gasteiger partial charge in [0.05, 0.1) is 12.4 Å². The minimum Gasteiger partial charge on any atom is -0.382 e. The summed E-state index contributed by atoms with van der Waals surface area (Å²) < 4.78 is 0. The largest absolute Gasteiger partial charge is 0.382 e. The van der Waals surface area contributed by atoms with Crippen molar-refractivity contribution in [3.8, 4) is 0 Å². The highest BCUT2D eigenvalue weighted by molar-refractivity contribution is 5.92. The highest BCUT2D eigenvalue weighted by atomic mass is 15.2. The lowest BCUT2D eigenvalue weighted by Gasteiger charge is -2.18. The van der Waals surface area contributed by atoms with Crippen LogP contribution in [0.2, 0.25) is 0 Å². The molecule has 1 aromatic heterocycles. The molecule has 0 aliphatic heterocycles. The van der Waals surface area contributed by atoms with Gasteiger partial charge in [-0.3, -0.25) is 5.41 Å². The lowest BCUT2D eigenvalue weighted by Crippen LogP contribution is -2.23. The molecule has 5 nitrogen and oxygen atoms in total. The van der Waals surface area contributed by atoms with Crippen molar-refractivity contribution in [1.29, 1.82) is 5.41 Å². The Morgan fingerprint density at radius 1 is 1.36 bits per heavy atom. The Labute approximate surface area is 83.5 Å². The summed E-state index contributed by atoms with van der Waals surface area (Å²) in [6.45, 7) is 5.91. The van der Waals surface area contributed by atoms with Gasteiger partial charge in [-0.1, -0.05) is 0 Å². The van der Waals surface area contributed by atoms with Crippen molar-refractivity contribution in [3.63, 3.8) is 0 Å². The van der Waals surface area contributed by atoms with E-state index in [4.69, 9.17) is 11.1 Å². The molecule has 0 saturated carbocycles. The predicted molar refractivity (Wildman–Crippen MR) is 56.6 cm³/mol. The van der Waals surface area contributed by atoms with Gasteiger partial charge < -0.3 is 10.6 Å². The molecule has 76 valence electrons. The summed E-state index contributed by atoms with van der Waals surface area (Å²) in [4.78, 5) is 10.3. The average Bonchev–Trinajstić information content (AvgIpc) is 2.20. The fourth-order valence-corrected chi connectivity index (χ4v) is 1.17. The van der Waals surface area contributed by atoms with E-state index in [9.17, 15) is 0 Å². The Morgan fingerprint density at radius 3 is 2.36 bits per heavy atom. The van der Waals surface area contributed by atoms with Gasteiger partial charge in [-0.15, -0.1) is 0 Å². The molecule has 0 fully saturated rings. The molecule has 14 heavy (non-hydrogen) atoms. The molecule has 0 radical (unpaired) electrons. The monoisotopic (exact) mass is 193 g/mol. The minimum absolute atomic E-state index is 0.0522. The van der Waals surface area contributed by atoms with Crippen LogP contribution in [-0.4, -0.2) is 28.9 Å². The van der Waals surface area contributed by atoms with Crippen LogP contribution in [0, 0.1) is 5.41 Å². The van der Waals surface area contributed by atoms with Crippen molar-refractivity contribution in [2.24, 2.45) is 5.73 Å².